The molecule has 0 fully saturated rings. The lowest BCUT2D eigenvalue weighted by Crippen LogP contribution is -2.57. The fourth-order valence-corrected chi connectivity index (χ4v) is 3.24. The van der Waals surface area contributed by atoms with Gasteiger partial charge in [-0.05, 0) is 24.1 Å². The second kappa shape index (κ2) is 13.4. The molecule has 0 aliphatic heterocycles. The van der Waals surface area contributed by atoms with Gasteiger partial charge in [0, 0.05) is 31.2 Å². The van der Waals surface area contributed by atoms with Gasteiger partial charge in [0.15, 0.2) is 0 Å². The molecule has 3 atom stereocenters. The topological polar surface area (TPSA) is 243 Å². The zero-order valence-electron chi connectivity index (χ0n) is 19.3. The molecule has 3 unspecified atom stereocenters. The normalized spacial score (nSPS) is 13.1. The molecule has 14 heteroatoms. The standard InChI is InChI=1S/C22H29N7O7/c23-9-19(32)27-16(7-12-1-3-14(30)4-2-12)20(33)29-17(8-13-10-25-11-26-13)21(34)28-15(22(35)36)5-6-18(24)31/h1-4,10-11,15-17,30H,5-9,23H2,(H2,24,31)(H,25,26)(H,27,32)(H,28,34)(H,29,33)(H,35,36). The van der Waals surface area contributed by atoms with Crippen molar-refractivity contribution in [1.82, 2.24) is 25.9 Å². The van der Waals surface area contributed by atoms with Gasteiger partial charge in [-0.1, -0.05) is 12.1 Å². The number of aromatic amines is 1. The molecule has 194 valence electrons. The molecule has 0 radical (unpaired) electrons. The first-order valence-electron chi connectivity index (χ1n) is 11.0. The van der Waals surface area contributed by atoms with E-state index in [0.29, 0.717) is 11.3 Å². The molecule has 14 nitrogen and oxygen atoms in total. The van der Waals surface area contributed by atoms with E-state index in [1.807, 2.05) is 0 Å². The highest BCUT2D eigenvalue weighted by Crippen LogP contribution is 2.12. The van der Waals surface area contributed by atoms with Gasteiger partial charge in [-0.3, -0.25) is 19.2 Å². The van der Waals surface area contributed by atoms with Crippen LogP contribution in [-0.2, 0) is 36.8 Å². The van der Waals surface area contributed by atoms with Crippen LogP contribution in [0.25, 0.3) is 0 Å². The minimum Gasteiger partial charge on any atom is -0.508 e. The Balaban J connectivity index is 2.22. The molecule has 2 rings (SSSR count). The number of phenols is 1. The van der Waals surface area contributed by atoms with E-state index in [9.17, 15) is 34.2 Å². The van der Waals surface area contributed by atoms with Crippen LogP contribution in [0.1, 0.15) is 24.1 Å². The SMILES string of the molecule is NCC(=O)NC(Cc1ccc(O)cc1)C(=O)NC(Cc1cnc[nH]1)C(=O)NC(CCC(N)=O)C(=O)O. The van der Waals surface area contributed by atoms with E-state index < -0.39 is 47.7 Å². The number of primary amides is 1. The fraction of sp³-hybridized carbons (Fsp3) is 0.364. The van der Waals surface area contributed by atoms with Gasteiger partial charge in [-0.15, -0.1) is 0 Å². The largest absolute Gasteiger partial charge is 0.508 e. The summed E-state index contributed by atoms with van der Waals surface area (Å²) < 4.78 is 0. The smallest absolute Gasteiger partial charge is 0.326 e. The number of hydrogen-bond acceptors (Lipinski definition) is 8. The highest BCUT2D eigenvalue weighted by molar-refractivity contribution is 5.94. The monoisotopic (exact) mass is 503 g/mol. The first kappa shape index (κ1) is 27.8. The van der Waals surface area contributed by atoms with Crippen LogP contribution in [0.15, 0.2) is 36.8 Å². The number of amides is 4. The Labute approximate surface area is 205 Å². The Morgan fingerprint density at radius 3 is 2.08 bits per heavy atom. The van der Waals surface area contributed by atoms with E-state index in [-0.39, 0.29) is 38.0 Å². The van der Waals surface area contributed by atoms with Crippen molar-refractivity contribution < 1.29 is 34.2 Å². The highest BCUT2D eigenvalue weighted by Gasteiger charge is 2.30. The maximum absolute atomic E-state index is 13.1. The number of rotatable bonds is 14. The second-order valence-corrected chi connectivity index (χ2v) is 7.94. The third kappa shape index (κ3) is 9.06. The van der Waals surface area contributed by atoms with Crippen molar-refractivity contribution >= 4 is 29.6 Å². The molecule has 0 aliphatic carbocycles. The average Bonchev–Trinajstić information content (AvgIpc) is 3.34. The molecule has 0 spiro atoms. The van der Waals surface area contributed by atoms with E-state index in [1.165, 1.54) is 24.7 Å². The number of nitrogens with two attached hydrogens (primary N) is 2. The summed E-state index contributed by atoms with van der Waals surface area (Å²) in [5.74, 6) is -4.26. The quantitative estimate of drug-likeness (QED) is 0.137. The summed E-state index contributed by atoms with van der Waals surface area (Å²) >= 11 is 0. The predicted octanol–water partition coefficient (Wildman–Crippen LogP) is -2.34. The third-order valence-corrected chi connectivity index (χ3v) is 5.12. The van der Waals surface area contributed by atoms with Crippen molar-refractivity contribution in [2.75, 3.05) is 6.54 Å². The van der Waals surface area contributed by atoms with E-state index in [0.717, 1.165) is 0 Å². The summed E-state index contributed by atoms with van der Waals surface area (Å²) in [6.45, 7) is -0.377. The minimum absolute atomic E-state index is 0.0198. The average molecular weight is 504 g/mol. The molecule has 1 aromatic heterocycles. The van der Waals surface area contributed by atoms with E-state index in [2.05, 4.69) is 25.9 Å². The van der Waals surface area contributed by atoms with Crippen LogP contribution in [0.2, 0.25) is 0 Å². The van der Waals surface area contributed by atoms with Crippen LogP contribution < -0.4 is 27.4 Å². The molecule has 0 aliphatic rings. The number of hydrogen-bond donors (Lipinski definition) is 8. The molecule has 2 aromatic rings. The van der Waals surface area contributed by atoms with Crippen LogP contribution in [0.5, 0.6) is 5.75 Å². The van der Waals surface area contributed by atoms with Gasteiger partial charge in [0.05, 0.1) is 12.9 Å². The lowest BCUT2D eigenvalue weighted by molar-refractivity contribution is -0.142. The summed E-state index contributed by atoms with van der Waals surface area (Å²) in [5.41, 5.74) is 11.5. The molecule has 0 saturated heterocycles. The number of imidazole rings is 1. The van der Waals surface area contributed by atoms with E-state index in [4.69, 9.17) is 11.5 Å². The van der Waals surface area contributed by atoms with E-state index in [1.54, 1.807) is 12.1 Å². The van der Waals surface area contributed by atoms with Gasteiger partial charge in [-0.25, -0.2) is 9.78 Å². The van der Waals surface area contributed by atoms with Gasteiger partial charge in [0.2, 0.25) is 23.6 Å². The fourth-order valence-electron chi connectivity index (χ4n) is 3.24. The Hall–Kier alpha value is -4.46. The van der Waals surface area contributed by atoms with Gasteiger partial charge in [-0.2, -0.15) is 0 Å². The molecule has 0 saturated carbocycles. The van der Waals surface area contributed by atoms with Crippen molar-refractivity contribution in [3.05, 3.63) is 48.0 Å². The van der Waals surface area contributed by atoms with Crippen LogP contribution in [0.4, 0.5) is 0 Å². The minimum atomic E-state index is -1.42. The molecular formula is C22H29N7O7. The maximum atomic E-state index is 13.1. The summed E-state index contributed by atoms with van der Waals surface area (Å²) in [5, 5.41) is 26.2. The Kier molecular flexibility index (Phi) is 10.4. The van der Waals surface area contributed by atoms with Crippen molar-refractivity contribution in [2.24, 2.45) is 11.5 Å². The number of carboxylic acid groups (broad SMARTS) is 1. The lowest BCUT2D eigenvalue weighted by Gasteiger charge is -2.24. The molecule has 1 aromatic carbocycles. The summed E-state index contributed by atoms with van der Waals surface area (Å²) in [7, 11) is 0. The zero-order valence-corrected chi connectivity index (χ0v) is 19.3. The Morgan fingerprint density at radius 2 is 1.56 bits per heavy atom. The van der Waals surface area contributed by atoms with Crippen molar-refractivity contribution in [1.29, 1.82) is 0 Å². The first-order chi connectivity index (χ1) is 17.1. The highest BCUT2D eigenvalue weighted by atomic mass is 16.4. The summed E-state index contributed by atoms with van der Waals surface area (Å²) in [4.78, 5) is 67.3. The summed E-state index contributed by atoms with van der Waals surface area (Å²) in [6, 6.07) is 2.16. The first-order valence-corrected chi connectivity index (χ1v) is 11.0. The molecule has 36 heavy (non-hydrogen) atoms. The van der Waals surface area contributed by atoms with Crippen molar-refractivity contribution in [3.8, 4) is 5.75 Å². The maximum Gasteiger partial charge on any atom is 0.326 e. The molecule has 10 N–H and O–H groups in total. The Morgan fingerprint density at radius 1 is 0.944 bits per heavy atom. The third-order valence-electron chi connectivity index (χ3n) is 5.12. The van der Waals surface area contributed by atoms with Gasteiger partial charge < -0.3 is 42.6 Å². The van der Waals surface area contributed by atoms with E-state index >= 15 is 0 Å². The molecular weight excluding hydrogens is 474 g/mol. The van der Waals surface area contributed by atoms with Gasteiger partial charge in [0.25, 0.3) is 0 Å². The van der Waals surface area contributed by atoms with Crippen molar-refractivity contribution in [3.63, 3.8) is 0 Å². The Bertz CT molecular complexity index is 1060. The van der Waals surface area contributed by atoms with Crippen LogP contribution >= 0.6 is 0 Å². The van der Waals surface area contributed by atoms with Crippen molar-refractivity contribution in [2.45, 2.75) is 43.8 Å². The lowest BCUT2D eigenvalue weighted by atomic mass is 10.0. The number of carbonyl (C=O) groups excluding carboxylic acids is 4. The number of aromatic hydroxyl groups is 1. The number of nitrogens with one attached hydrogen (secondary N) is 4. The molecule has 1 heterocycles. The number of benzene rings is 1. The number of carbonyl (C=O) groups is 5. The van der Waals surface area contributed by atoms with Gasteiger partial charge in [0.1, 0.15) is 23.9 Å². The molecule has 4 amide bonds. The van der Waals surface area contributed by atoms with Crippen LogP contribution in [0, 0.1) is 0 Å². The number of nitrogens with zero attached hydrogens (tertiary/aromatic N) is 1. The number of H-pyrrole nitrogens is 1. The van der Waals surface area contributed by atoms with Crippen LogP contribution in [0.3, 0.4) is 0 Å². The predicted molar refractivity (Wildman–Crippen MR) is 125 cm³/mol. The summed E-state index contributed by atoms with van der Waals surface area (Å²) in [6.07, 6.45) is 2.24. The zero-order chi connectivity index (χ0) is 26.7. The number of aromatic nitrogens is 2. The number of phenolic OH excluding ortho intramolecular Hbond substituents is 1. The second-order valence-electron chi connectivity index (χ2n) is 7.94. The van der Waals surface area contributed by atoms with Gasteiger partial charge >= 0.3 is 5.97 Å². The number of aliphatic carboxylic acids is 1. The number of carboxylic acids is 1. The molecule has 0 bridgehead atoms. The van der Waals surface area contributed by atoms with Crippen LogP contribution in [-0.4, -0.2) is 74.4 Å².